The number of phenols is 1. The van der Waals surface area contributed by atoms with Gasteiger partial charge in [-0.2, -0.15) is 0 Å². The van der Waals surface area contributed by atoms with E-state index in [0.717, 1.165) is 38.3 Å². The van der Waals surface area contributed by atoms with Crippen molar-refractivity contribution in [3.05, 3.63) is 23.8 Å². The zero-order valence-electron chi connectivity index (χ0n) is 12.3. The van der Waals surface area contributed by atoms with E-state index in [0.29, 0.717) is 12.3 Å². The Bertz CT molecular complexity index is 426. The molecule has 1 atom stereocenters. The van der Waals surface area contributed by atoms with E-state index in [1.165, 1.54) is 0 Å². The number of ether oxygens (including phenoxy) is 2. The highest BCUT2D eigenvalue weighted by Gasteiger charge is 2.18. The molecule has 0 amide bonds. The van der Waals surface area contributed by atoms with E-state index < -0.39 is 0 Å². The number of hydrogen-bond acceptors (Lipinski definition) is 5. The molecule has 1 aliphatic rings. The van der Waals surface area contributed by atoms with Crippen LogP contribution in [0.3, 0.4) is 0 Å². The van der Waals surface area contributed by atoms with Crippen molar-refractivity contribution in [3.63, 3.8) is 0 Å². The van der Waals surface area contributed by atoms with E-state index in [1.54, 1.807) is 13.2 Å². The fourth-order valence-electron chi connectivity index (χ4n) is 2.38. The van der Waals surface area contributed by atoms with Crippen LogP contribution in [0, 0.1) is 0 Å². The Labute approximate surface area is 120 Å². The van der Waals surface area contributed by atoms with Gasteiger partial charge in [-0.25, -0.2) is 0 Å². The summed E-state index contributed by atoms with van der Waals surface area (Å²) in [5, 5.41) is 13.2. The molecule has 1 aromatic carbocycles. The standard InChI is InChI=1S/C15H24N2O3/c1-3-17-6-7-20-14(11-17)10-16-9-12-4-5-13(19-2)8-15(12)18/h4-5,8,14,16,18H,3,6-7,9-11H2,1-2H3. The van der Waals surface area contributed by atoms with Gasteiger partial charge in [-0.1, -0.05) is 13.0 Å². The van der Waals surface area contributed by atoms with Gasteiger partial charge in [-0.05, 0) is 12.6 Å². The molecule has 5 nitrogen and oxygen atoms in total. The average molecular weight is 280 g/mol. The first-order valence-electron chi connectivity index (χ1n) is 7.13. The topological polar surface area (TPSA) is 54.0 Å². The van der Waals surface area contributed by atoms with Crippen LogP contribution in [0.5, 0.6) is 11.5 Å². The Morgan fingerprint density at radius 2 is 2.35 bits per heavy atom. The molecule has 0 spiro atoms. The maximum absolute atomic E-state index is 9.88. The predicted molar refractivity (Wildman–Crippen MR) is 78.2 cm³/mol. The third-order valence-corrected chi connectivity index (χ3v) is 3.65. The molecule has 0 radical (unpaired) electrons. The summed E-state index contributed by atoms with van der Waals surface area (Å²) < 4.78 is 10.8. The van der Waals surface area contributed by atoms with Crippen molar-refractivity contribution in [3.8, 4) is 11.5 Å². The van der Waals surface area contributed by atoms with Gasteiger partial charge in [0, 0.05) is 37.8 Å². The predicted octanol–water partition coefficient (Wildman–Crippen LogP) is 1.21. The summed E-state index contributed by atoms with van der Waals surface area (Å²) in [6.07, 6.45) is 0.226. The van der Waals surface area contributed by atoms with Gasteiger partial charge in [0.15, 0.2) is 0 Å². The summed E-state index contributed by atoms with van der Waals surface area (Å²) >= 11 is 0. The van der Waals surface area contributed by atoms with E-state index in [1.807, 2.05) is 12.1 Å². The van der Waals surface area contributed by atoms with Gasteiger partial charge in [0.2, 0.25) is 0 Å². The molecule has 1 heterocycles. The van der Waals surface area contributed by atoms with Crippen LogP contribution in [0.4, 0.5) is 0 Å². The number of hydrogen-bond donors (Lipinski definition) is 2. The van der Waals surface area contributed by atoms with Gasteiger partial charge in [-0.3, -0.25) is 4.90 Å². The van der Waals surface area contributed by atoms with Gasteiger partial charge < -0.3 is 19.9 Å². The first kappa shape index (κ1) is 15.1. The Hall–Kier alpha value is -1.30. The molecule has 1 saturated heterocycles. The maximum Gasteiger partial charge on any atom is 0.123 e. The van der Waals surface area contributed by atoms with Crippen molar-refractivity contribution in [2.75, 3.05) is 39.9 Å². The van der Waals surface area contributed by atoms with Gasteiger partial charge in [0.05, 0.1) is 19.8 Å². The van der Waals surface area contributed by atoms with E-state index in [4.69, 9.17) is 9.47 Å². The van der Waals surface area contributed by atoms with Crippen molar-refractivity contribution in [2.45, 2.75) is 19.6 Å². The highest BCUT2D eigenvalue weighted by molar-refractivity contribution is 5.39. The van der Waals surface area contributed by atoms with E-state index in [-0.39, 0.29) is 11.9 Å². The lowest BCUT2D eigenvalue weighted by atomic mass is 10.2. The number of phenolic OH excluding ortho intramolecular Hbond substituents is 1. The number of aromatic hydroxyl groups is 1. The van der Waals surface area contributed by atoms with Gasteiger partial charge >= 0.3 is 0 Å². The second-order valence-electron chi connectivity index (χ2n) is 5.01. The molecule has 1 aromatic rings. The Balaban J connectivity index is 1.78. The summed E-state index contributed by atoms with van der Waals surface area (Å²) in [6, 6.07) is 5.36. The summed E-state index contributed by atoms with van der Waals surface area (Å²) in [6.45, 7) is 7.45. The molecule has 0 aliphatic carbocycles. The molecule has 1 aliphatic heterocycles. The molecule has 0 aromatic heterocycles. The van der Waals surface area contributed by atoms with Crippen LogP contribution in [0.15, 0.2) is 18.2 Å². The van der Waals surface area contributed by atoms with Crippen LogP contribution in [0.1, 0.15) is 12.5 Å². The Kier molecular flexibility index (Phi) is 5.64. The lowest BCUT2D eigenvalue weighted by Gasteiger charge is -2.32. The molecule has 1 unspecified atom stereocenters. The Morgan fingerprint density at radius 3 is 3.05 bits per heavy atom. The lowest BCUT2D eigenvalue weighted by Crippen LogP contribution is -2.46. The number of benzene rings is 1. The van der Waals surface area contributed by atoms with E-state index in [2.05, 4.69) is 17.1 Å². The van der Waals surface area contributed by atoms with Crippen molar-refractivity contribution in [2.24, 2.45) is 0 Å². The van der Waals surface area contributed by atoms with E-state index in [9.17, 15) is 5.11 Å². The number of nitrogens with one attached hydrogen (secondary N) is 1. The molecule has 0 saturated carbocycles. The summed E-state index contributed by atoms with van der Waals surface area (Å²) in [7, 11) is 1.59. The smallest absolute Gasteiger partial charge is 0.123 e. The second-order valence-corrected chi connectivity index (χ2v) is 5.01. The molecule has 1 fully saturated rings. The van der Waals surface area contributed by atoms with Crippen molar-refractivity contribution in [1.29, 1.82) is 0 Å². The fourth-order valence-corrected chi connectivity index (χ4v) is 2.38. The van der Waals surface area contributed by atoms with E-state index >= 15 is 0 Å². The number of methoxy groups -OCH3 is 1. The minimum Gasteiger partial charge on any atom is -0.507 e. The van der Waals surface area contributed by atoms with Crippen LogP contribution in [0.25, 0.3) is 0 Å². The molecule has 112 valence electrons. The molecule has 2 N–H and O–H groups in total. The van der Waals surface area contributed by atoms with Crippen molar-refractivity contribution in [1.82, 2.24) is 10.2 Å². The van der Waals surface area contributed by atoms with Crippen LogP contribution >= 0.6 is 0 Å². The van der Waals surface area contributed by atoms with Crippen molar-refractivity contribution < 1.29 is 14.6 Å². The third-order valence-electron chi connectivity index (χ3n) is 3.65. The number of likely N-dealkylation sites (N-methyl/N-ethyl adjacent to an activating group) is 1. The lowest BCUT2D eigenvalue weighted by molar-refractivity contribution is -0.0253. The second kappa shape index (κ2) is 7.47. The summed E-state index contributed by atoms with van der Waals surface area (Å²) in [4.78, 5) is 2.39. The van der Waals surface area contributed by atoms with Crippen LogP contribution in [-0.4, -0.2) is 56.0 Å². The maximum atomic E-state index is 9.88. The first-order valence-corrected chi connectivity index (χ1v) is 7.13. The zero-order chi connectivity index (χ0) is 14.4. The largest absolute Gasteiger partial charge is 0.507 e. The molecule has 2 rings (SSSR count). The molecule has 5 heteroatoms. The zero-order valence-corrected chi connectivity index (χ0v) is 12.3. The minimum absolute atomic E-state index is 0.226. The third kappa shape index (κ3) is 4.10. The number of rotatable bonds is 6. The number of nitrogens with zero attached hydrogens (tertiary/aromatic N) is 1. The highest BCUT2D eigenvalue weighted by atomic mass is 16.5. The normalized spacial score (nSPS) is 20.0. The number of morpholine rings is 1. The summed E-state index contributed by atoms with van der Waals surface area (Å²) in [5.41, 5.74) is 0.869. The monoisotopic (exact) mass is 280 g/mol. The van der Waals surface area contributed by atoms with Crippen molar-refractivity contribution >= 4 is 0 Å². The minimum atomic E-state index is 0.226. The van der Waals surface area contributed by atoms with Crippen LogP contribution in [-0.2, 0) is 11.3 Å². The fraction of sp³-hybridized carbons (Fsp3) is 0.600. The average Bonchev–Trinajstić information content (AvgIpc) is 2.49. The van der Waals surface area contributed by atoms with Gasteiger partial charge in [0.25, 0.3) is 0 Å². The van der Waals surface area contributed by atoms with Gasteiger partial charge in [0.1, 0.15) is 11.5 Å². The van der Waals surface area contributed by atoms with Gasteiger partial charge in [-0.15, -0.1) is 0 Å². The molecule has 0 bridgehead atoms. The molecular weight excluding hydrogens is 256 g/mol. The van der Waals surface area contributed by atoms with Crippen LogP contribution < -0.4 is 10.1 Å². The summed E-state index contributed by atoms with van der Waals surface area (Å²) in [5.74, 6) is 0.928. The highest BCUT2D eigenvalue weighted by Crippen LogP contribution is 2.23. The SMILES string of the molecule is CCN1CCOC(CNCc2ccc(OC)cc2O)C1. The first-order chi connectivity index (χ1) is 9.72. The Morgan fingerprint density at radius 1 is 1.50 bits per heavy atom. The molecular formula is C15H24N2O3. The molecule has 20 heavy (non-hydrogen) atoms. The van der Waals surface area contributed by atoms with Crippen LogP contribution in [0.2, 0.25) is 0 Å². The quantitative estimate of drug-likeness (QED) is 0.820.